The molecule has 6 heteroatoms. The number of anilines is 1. The van der Waals surface area contributed by atoms with Crippen molar-refractivity contribution in [3.63, 3.8) is 0 Å². The largest absolute Gasteiger partial charge is 0.342 e. The molecule has 154 valence electrons. The molecule has 4 aromatic rings. The van der Waals surface area contributed by atoms with E-state index in [9.17, 15) is 9.59 Å². The van der Waals surface area contributed by atoms with Gasteiger partial charge in [0, 0.05) is 47.4 Å². The minimum absolute atomic E-state index is 0.192. The molecule has 4 rings (SSSR count). The van der Waals surface area contributed by atoms with Gasteiger partial charge in [0.2, 0.25) is 5.91 Å². The monoisotopic (exact) mass is 410 g/mol. The number of para-hydroxylation sites is 1. The summed E-state index contributed by atoms with van der Waals surface area (Å²) in [6, 6.07) is 25.1. The number of hydrogen-bond donors (Lipinski definition) is 2. The third-order valence-corrected chi connectivity index (χ3v) is 4.83. The molecular formula is C25H22N4O2. The Labute approximate surface area is 180 Å². The zero-order valence-electron chi connectivity index (χ0n) is 17.1. The highest BCUT2D eigenvalue weighted by Crippen LogP contribution is 2.21. The van der Waals surface area contributed by atoms with Gasteiger partial charge in [-0.2, -0.15) is 5.10 Å². The Balaban J connectivity index is 1.52. The summed E-state index contributed by atoms with van der Waals surface area (Å²) in [5.41, 5.74) is 6.76. The summed E-state index contributed by atoms with van der Waals surface area (Å²) >= 11 is 0. The van der Waals surface area contributed by atoms with E-state index in [1.54, 1.807) is 30.5 Å². The number of benzene rings is 3. The standard InChI is InChI=1S/C25H22N4O2/c1-18(30)27-22-11-7-10-20(14-22)25(31)28-26-15-21-17-29(16-19-8-3-2-4-9-19)24-13-6-5-12-23(21)24/h2-15,17H,16H2,1H3,(H,27,30)(H,28,31)/b26-15-. The quantitative estimate of drug-likeness (QED) is 0.365. The molecule has 0 aliphatic rings. The van der Waals surface area contributed by atoms with E-state index in [-0.39, 0.29) is 11.8 Å². The first-order chi connectivity index (χ1) is 15.1. The van der Waals surface area contributed by atoms with Crippen LogP contribution in [0, 0.1) is 0 Å². The molecule has 0 atom stereocenters. The van der Waals surface area contributed by atoms with Crippen molar-refractivity contribution >= 4 is 34.6 Å². The van der Waals surface area contributed by atoms with Gasteiger partial charge in [-0.3, -0.25) is 9.59 Å². The molecule has 1 heterocycles. The van der Waals surface area contributed by atoms with Crippen molar-refractivity contribution in [3.05, 3.63) is 102 Å². The fourth-order valence-corrected chi connectivity index (χ4v) is 3.46. The fraction of sp³-hybridized carbons (Fsp3) is 0.0800. The number of fused-ring (bicyclic) bond motifs is 1. The lowest BCUT2D eigenvalue weighted by molar-refractivity contribution is -0.114. The van der Waals surface area contributed by atoms with Crippen molar-refractivity contribution in [1.82, 2.24) is 9.99 Å². The van der Waals surface area contributed by atoms with Crippen LogP contribution in [0.1, 0.15) is 28.4 Å². The van der Waals surface area contributed by atoms with Crippen molar-refractivity contribution in [3.8, 4) is 0 Å². The molecule has 0 saturated carbocycles. The van der Waals surface area contributed by atoms with Crippen LogP contribution in [-0.4, -0.2) is 22.6 Å². The number of carbonyl (C=O) groups is 2. The minimum atomic E-state index is -0.350. The van der Waals surface area contributed by atoms with Gasteiger partial charge in [-0.15, -0.1) is 0 Å². The number of nitrogens with one attached hydrogen (secondary N) is 2. The molecule has 2 amide bonds. The van der Waals surface area contributed by atoms with Crippen molar-refractivity contribution in [2.45, 2.75) is 13.5 Å². The molecule has 2 N–H and O–H groups in total. The average Bonchev–Trinajstić information content (AvgIpc) is 3.12. The Morgan fingerprint density at radius 1 is 0.968 bits per heavy atom. The number of hydrogen-bond acceptors (Lipinski definition) is 3. The number of hydrazone groups is 1. The first-order valence-electron chi connectivity index (χ1n) is 9.93. The van der Waals surface area contributed by atoms with E-state index in [2.05, 4.69) is 38.6 Å². The molecule has 0 saturated heterocycles. The summed E-state index contributed by atoms with van der Waals surface area (Å²) in [6.45, 7) is 2.17. The second-order valence-corrected chi connectivity index (χ2v) is 7.18. The number of aromatic nitrogens is 1. The topological polar surface area (TPSA) is 75.5 Å². The minimum Gasteiger partial charge on any atom is -0.342 e. The van der Waals surface area contributed by atoms with E-state index in [4.69, 9.17) is 0 Å². The second-order valence-electron chi connectivity index (χ2n) is 7.18. The molecule has 6 nitrogen and oxygen atoms in total. The Morgan fingerprint density at radius 3 is 2.55 bits per heavy atom. The first-order valence-corrected chi connectivity index (χ1v) is 9.93. The second kappa shape index (κ2) is 9.09. The normalized spacial score (nSPS) is 11.0. The molecular weight excluding hydrogens is 388 g/mol. The van der Waals surface area contributed by atoms with Gasteiger partial charge < -0.3 is 9.88 Å². The zero-order valence-corrected chi connectivity index (χ0v) is 17.1. The lowest BCUT2D eigenvalue weighted by atomic mass is 10.2. The first kappa shape index (κ1) is 20.1. The maximum Gasteiger partial charge on any atom is 0.271 e. The SMILES string of the molecule is CC(=O)Nc1cccc(C(=O)N/N=C\c2cn(Cc3ccccc3)c3ccccc23)c1. The summed E-state index contributed by atoms with van der Waals surface area (Å²) in [5, 5.41) is 7.88. The van der Waals surface area contributed by atoms with Crippen LogP contribution in [-0.2, 0) is 11.3 Å². The molecule has 0 unspecified atom stereocenters. The summed E-state index contributed by atoms with van der Waals surface area (Å²) in [4.78, 5) is 23.7. The van der Waals surface area contributed by atoms with Crippen LogP contribution in [0.5, 0.6) is 0 Å². The van der Waals surface area contributed by atoms with E-state index in [1.165, 1.54) is 12.5 Å². The van der Waals surface area contributed by atoms with Crippen LogP contribution < -0.4 is 10.7 Å². The van der Waals surface area contributed by atoms with Gasteiger partial charge in [0.15, 0.2) is 0 Å². The molecule has 0 spiro atoms. The fourth-order valence-electron chi connectivity index (χ4n) is 3.46. The third kappa shape index (κ3) is 4.87. The lowest BCUT2D eigenvalue weighted by Crippen LogP contribution is -2.18. The van der Waals surface area contributed by atoms with Gasteiger partial charge in [-0.25, -0.2) is 5.43 Å². The van der Waals surface area contributed by atoms with Gasteiger partial charge in [0.25, 0.3) is 5.91 Å². The molecule has 3 aromatic carbocycles. The third-order valence-electron chi connectivity index (χ3n) is 4.83. The predicted octanol–water partition coefficient (Wildman–Crippen LogP) is 4.41. The van der Waals surface area contributed by atoms with Crippen molar-refractivity contribution in [2.75, 3.05) is 5.32 Å². The highest BCUT2D eigenvalue weighted by molar-refractivity contribution is 6.01. The summed E-state index contributed by atoms with van der Waals surface area (Å²) < 4.78 is 2.17. The van der Waals surface area contributed by atoms with Crippen LogP contribution in [0.15, 0.2) is 90.2 Å². The molecule has 0 radical (unpaired) electrons. The molecule has 0 fully saturated rings. The van der Waals surface area contributed by atoms with Crippen molar-refractivity contribution < 1.29 is 9.59 Å². The van der Waals surface area contributed by atoms with Gasteiger partial charge in [0.1, 0.15) is 0 Å². The van der Waals surface area contributed by atoms with Crippen molar-refractivity contribution in [1.29, 1.82) is 0 Å². The van der Waals surface area contributed by atoms with Crippen LogP contribution in [0.3, 0.4) is 0 Å². The highest BCUT2D eigenvalue weighted by atomic mass is 16.2. The van der Waals surface area contributed by atoms with E-state index in [1.807, 2.05) is 42.6 Å². The molecule has 1 aromatic heterocycles. The molecule has 0 aliphatic heterocycles. The Hall–Kier alpha value is -4.19. The predicted molar refractivity (Wildman–Crippen MR) is 123 cm³/mol. The van der Waals surface area contributed by atoms with Gasteiger partial charge in [0.05, 0.1) is 6.21 Å². The van der Waals surface area contributed by atoms with Crippen LogP contribution in [0.25, 0.3) is 10.9 Å². The highest BCUT2D eigenvalue weighted by Gasteiger charge is 2.08. The number of carbonyl (C=O) groups excluding carboxylic acids is 2. The van der Waals surface area contributed by atoms with E-state index in [0.717, 1.165) is 23.0 Å². The Kier molecular flexibility index (Phi) is 5.89. The maximum absolute atomic E-state index is 12.4. The number of nitrogens with zero attached hydrogens (tertiary/aromatic N) is 2. The molecule has 31 heavy (non-hydrogen) atoms. The summed E-state index contributed by atoms with van der Waals surface area (Å²) in [6.07, 6.45) is 3.68. The van der Waals surface area contributed by atoms with Gasteiger partial charge >= 0.3 is 0 Å². The van der Waals surface area contributed by atoms with E-state index < -0.39 is 0 Å². The summed E-state index contributed by atoms with van der Waals surface area (Å²) in [7, 11) is 0. The lowest BCUT2D eigenvalue weighted by Gasteiger charge is -2.05. The van der Waals surface area contributed by atoms with Crippen molar-refractivity contribution in [2.24, 2.45) is 5.10 Å². The summed E-state index contributed by atoms with van der Waals surface area (Å²) in [5.74, 6) is -0.543. The Morgan fingerprint density at radius 2 is 1.74 bits per heavy atom. The van der Waals surface area contributed by atoms with Crippen LogP contribution in [0.4, 0.5) is 5.69 Å². The molecule has 0 aliphatic carbocycles. The van der Waals surface area contributed by atoms with Gasteiger partial charge in [-0.1, -0.05) is 54.6 Å². The van der Waals surface area contributed by atoms with E-state index in [0.29, 0.717) is 11.3 Å². The maximum atomic E-state index is 12.4. The van der Waals surface area contributed by atoms with E-state index >= 15 is 0 Å². The van der Waals surface area contributed by atoms with Crippen LogP contribution in [0.2, 0.25) is 0 Å². The van der Waals surface area contributed by atoms with Crippen LogP contribution >= 0.6 is 0 Å². The average molecular weight is 410 g/mol. The molecule has 0 bridgehead atoms. The smallest absolute Gasteiger partial charge is 0.271 e. The zero-order chi connectivity index (χ0) is 21.6. The Bertz CT molecular complexity index is 1260. The van der Waals surface area contributed by atoms with Gasteiger partial charge in [-0.05, 0) is 29.8 Å². The number of rotatable bonds is 6. The number of amides is 2.